The van der Waals surface area contributed by atoms with Gasteiger partial charge in [-0.25, -0.2) is 0 Å². The van der Waals surface area contributed by atoms with Crippen LogP contribution in [0.5, 0.6) is 0 Å². The molecule has 0 spiro atoms. The molecule has 0 aromatic rings. The number of halogens is 1. The molecule has 0 aliphatic heterocycles. The van der Waals surface area contributed by atoms with Crippen LogP contribution in [0.15, 0.2) is 0 Å². The molecule has 3 heteroatoms. The van der Waals surface area contributed by atoms with E-state index >= 15 is 0 Å². The van der Waals surface area contributed by atoms with Crippen molar-refractivity contribution in [2.45, 2.75) is 58.1 Å². The molecule has 1 rings (SSSR count). The minimum absolute atomic E-state index is 0.0759. The first-order valence-corrected chi connectivity index (χ1v) is 6.07. The Morgan fingerprint density at radius 3 is 2.27 bits per heavy atom. The highest BCUT2D eigenvalue weighted by atomic mass is 35.5. The number of hydrogen-bond acceptors (Lipinski definition) is 2. The molecule has 1 saturated carbocycles. The summed E-state index contributed by atoms with van der Waals surface area (Å²) in [5, 5.41) is 0.256. The van der Waals surface area contributed by atoms with Crippen LogP contribution in [0.25, 0.3) is 0 Å². The normalized spacial score (nSPS) is 30.0. The monoisotopic (exact) mass is 234 g/mol. The maximum absolute atomic E-state index is 6.11. The summed E-state index contributed by atoms with van der Waals surface area (Å²) in [6, 6.07) is 0. The lowest BCUT2D eigenvalue weighted by Gasteiger charge is -2.48. The Kier molecular flexibility index (Phi) is 4.07. The maximum atomic E-state index is 6.11. The SMILES string of the molecule is CC(C)(C)OCCOC1CC(Cl)C1(C)C. The fourth-order valence-electron chi connectivity index (χ4n) is 1.66. The van der Waals surface area contributed by atoms with Gasteiger partial charge in [-0.05, 0) is 27.2 Å². The molecule has 0 saturated heterocycles. The zero-order valence-electron chi connectivity index (χ0n) is 10.5. The van der Waals surface area contributed by atoms with E-state index in [0.717, 1.165) is 6.42 Å². The van der Waals surface area contributed by atoms with E-state index in [2.05, 4.69) is 34.6 Å². The molecule has 1 aliphatic rings. The second-order valence-electron chi connectivity index (χ2n) is 5.84. The highest BCUT2D eigenvalue weighted by Gasteiger charge is 2.47. The van der Waals surface area contributed by atoms with Crippen LogP contribution < -0.4 is 0 Å². The first-order valence-electron chi connectivity index (χ1n) is 5.63. The molecule has 0 aromatic carbocycles. The largest absolute Gasteiger partial charge is 0.375 e. The van der Waals surface area contributed by atoms with Gasteiger partial charge in [0.25, 0.3) is 0 Å². The standard InChI is InChI=1S/C12H23ClO2/c1-11(2,3)15-7-6-14-10-8-9(13)12(10,4)5/h9-10H,6-8H2,1-5H3. The minimum Gasteiger partial charge on any atom is -0.375 e. The van der Waals surface area contributed by atoms with Crippen molar-refractivity contribution in [1.29, 1.82) is 0 Å². The van der Waals surface area contributed by atoms with Crippen LogP contribution in [0.3, 0.4) is 0 Å². The van der Waals surface area contributed by atoms with Crippen molar-refractivity contribution in [1.82, 2.24) is 0 Å². The first-order chi connectivity index (χ1) is 6.73. The highest BCUT2D eigenvalue weighted by Crippen LogP contribution is 2.46. The zero-order valence-corrected chi connectivity index (χ0v) is 11.2. The molecule has 0 aromatic heterocycles. The van der Waals surface area contributed by atoms with Gasteiger partial charge in [-0.15, -0.1) is 11.6 Å². The van der Waals surface area contributed by atoms with Crippen LogP contribution in [0.1, 0.15) is 41.0 Å². The molecule has 90 valence electrons. The van der Waals surface area contributed by atoms with Crippen LogP contribution in [0, 0.1) is 5.41 Å². The van der Waals surface area contributed by atoms with Crippen molar-refractivity contribution in [2.75, 3.05) is 13.2 Å². The van der Waals surface area contributed by atoms with E-state index in [4.69, 9.17) is 21.1 Å². The van der Waals surface area contributed by atoms with Crippen molar-refractivity contribution in [3.63, 3.8) is 0 Å². The number of ether oxygens (including phenoxy) is 2. The number of hydrogen-bond donors (Lipinski definition) is 0. The van der Waals surface area contributed by atoms with E-state index < -0.39 is 0 Å². The fourth-order valence-corrected chi connectivity index (χ4v) is 1.96. The Balaban J connectivity index is 2.12. The molecule has 2 unspecified atom stereocenters. The fraction of sp³-hybridized carbons (Fsp3) is 1.00. The van der Waals surface area contributed by atoms with Crippen LogP contribution in [-0.2, 0) is 9.47 Å². The van der Waals surface area contributed by atoms with Crippen LogP contribution >= 0.6 is 11.6 Å². The molecule has 1 fully saturated rings. The summed E-state index contributed by atoms with van der Waals surface area (Å²) in [5.41, 5.74) is 0.0385. The molecule has 2 atom stereocenters. The second-order valence-corrected chi connectivity index (χ2v) is 6.37. The third-order valence-electron chi connectivity index (χ3n) is 3.00. The smallest absolute Gasteiger partial charge is 0.0707 e. The third kappa shape index (κ3) is 3.61. The lowest BCUT2D eigenvalue weighted by Crippen LogP contribution is -2.52. The molecular weight excluding hydrogens is 212 g/mol. The lowest BCUT2D eigenvalue weighted by atomic mass is 9.68. The quantitative estimate of drug-likeness (QED) is 0.549. The Morgan fingerprint density at radius 1 is 1.27 bits per heavy atom. The Labute approximate surface area is 98.3 Å². The lowest BCUT2D eigenvalue weighted by molar-refractivity contribution is -0.115. The van der Waals surface area contributed by atoms with Crippen molar-refractivity contribution >= 4 is 11.6 Å². The summed E-state index contributed by atoms with van der Waals surface area (Å²) in [5.74, 6) is 0. The molecule has 15 heavy (non-hydrogen) atoms. The summed E-state index contributed by atoms with van der Waals surface area (Å²) < 4.78 is 11.3. The molecule has 0 N–H and O–H groups in total. The zero-order chi connectivity index (χ0) is 11.7. The van der Waals surface area contributed by atoms with Crippen molar-refractivity contribution in [3.05, 3.63) is 0 Å². The van der Waals surface area contributed by atoms with Crippen molar-refractivity contribution in [2.24, 2.45) is 5.41 Å². The molecule has 2 nitrogen and oxygen atoms in total. The van der Waals surface area contributed by atoms with Gasteiger partial charge < -0.3 is 9.47 Å². The van der Waals surface area contributed by atoms with Gasteiger partial charge in [0.1, 0.15) is 0 Å². The Bertz CT molecular complexity index is 208. The van der Waals surface area contributed by atoms with Crippen LogP contribution in [0.2, 0.25) is 0 Å². The maximum Gasteiger partial charge on any atom is 0.0707 e. The van der Waals surface area contributed by atoms with Gasteiger partial charge in [-0.1, -0.05) is 13.8 Å². The van der Waals surface area contributed by atoms with E-state index in [-0.39, 0.29) is 16.4 Å². The summed E-state index contributed by atoms with van der Waals surface area (Å²) in [7, 11) is 0. The highest BCUT2D eigenvalue weighted by molar-refractivity contribution is 6.21. The van der Waals surface area contributed by atoms with E-state index in [1.807, 2.05) is 0 Å². The summed E-state index contributed by atoms with van der Waals surface area (Å²) in [6.07, 6.45) is 1.26. The second kappa shape index (κ2) is 4.60. The summed E-state index contributed by atoms with van der Waals surface area (Å²) >= 11 is 6.11. The summed E-state index contributed by atoms with van der Waals surface area (Å²) in [4.78, 5) is 0. The Hall–Kier alpha value is 0.210. The van der Waals surface area contributed by atoms with Gasteiger partial charge in [0.05, 0.1) is 24.9 Å². The predicted octanol–water partition coefficient (Wildman–Crippen LogP) is 3.22. The molecule has 0 radical (unpaired) electrons. The van der Waals surface area contributed by atoms with Gasteiger partial charge in [-0.3, -0.25) is 0 Å². The van der Waals surface area contributed by atoms with E-state index in [9.17, 15) is 0 Å². The molecule has 0 amide bonds. The van der Waals surface area contributed by atoms with Crippen LogP contribution in [0.4, 0.5) is 0 Å². The molecule has 0 bridgehead atoms. The van der Waals surface area contributed by atoms with Gasteiger partial charge in [-0.2, -0.15) is 0 Å². The van der Waals surface area contributed by atoms with Gasteiger partial charge in [0.15, 0.2) is 0 Å². The van der Waals surface area contributed by atoms with Crippen molar-refractivity contribution in [3.8, 4) is 0 Å². The van der Waals surface area contributed by atoms with Gasteiger partial charge >= 0.3 is 0 Å². The molecule has 0 heterocycles. The number of rotatable bonds is 4. The molecule has 1 aliphatic carbocycles. The van der Waals surface area contributed by atoms with E-state index in [1.165, 1.54) is 0 Å². The van der Waals surface area contributed by atoms with Crippen molar-refractivity contribution < 1.29 is 9.47 Å². The average Bonchev–Trinajstić information content (AvgIpc) is 2.08. The summed E-state index contributed by atoms with van der Waals surface area (Å²) in [6.45, 7) is 11.8. The van der Waals surface area contributed by atoms with E-state index in [1.54, 1.807) is 0 Å². The first kappa shape index (κ1) is 13.3. The molecular formula is C12H23ClO2. The third-order valence-corrected chi connectivity index (χ3v) is 3.74. The van der Waals surface area contributed by atoms with E-state index in [0.29, 0.717) is 19.3 Å². The number of alkyl halides is 1. The van der Waals surface area contributed by atoms with Gasteiger partial charge in [0.2, 0.25) is 0 Å². The Morgan fingerprint density at radius 2 is 1.87 bits per heavy atom. The van der Waals surface area contributed by atoms with Gasteiger partial charge in [0, 0.05) is 10.8 Å². The van der Waals surface area contributed by atoms with Crippen LogP contribution in [-0.4, -0.2) is 30.3 Å². The minimum atomic E-state index is -0.0759. The average molecular weight is 235 g/mol. The topological polar surface area (TPSA) is 18.5 Å². The predicted molar refractivity (Wildman–Crippen MR) is 63.5 cm³/mol.